The van der Waals surface area contributed by atoms with Crippen molar-refractivity contribution in [2.75, 3.05) is 0 Å². The highest BCUT2D eigenvalue weighted by molar-refractivity contribution is 7.82. The van der Waals surface area contributed by atoms with Crippen LogP contribution in [0, 0.1) is 0 Å². The number of allylic oxidation sites excluding steroid dienone is 3. The molecule has 0 aliphatic heterocycles. The SMILES string of the molecule is C/C=C\C=C(/N)c1ccc(S)s1. The van der Waals surface area contributed by atoms with Gasteiger partial charge in [0.2, 0.25) is 0 Å². The predicted octanol–water partition coefficient (Wildman–Crippen LogP) is 2.91. The minimum atomic E-state index is 0.790. The van der Waals surface area contributed by atoms with Gasteiger partial charge in [-0.1, -0.05) is 12.2 Å². The first-order valence-corrected chi connectivity index (χ1v) is 4.88. The van der Waals surface area contributed by atoms with Gasteiger partial charge in [-0.25, -0.2) is 0 Å². The molecule has 0 spiro atoms. The summed E-state index contributed by atoms with van der Waals surface area (Å²) in [5, 5.41) is 0. The number of hydrogen-bond acceptors (Lipinski definition) is 3. The Morgan fingerprint density at radius 2 is 2.33 bits per heavy atom. The Bertz CT molecular complexity index is 310. The maximum atomic E-state index is 5.78. The quantitative estimate of drug-likeness (QED) is 0.553. The third-order valence-electron chi connectivity index (χ3n) is 1.34. The predicted molar refractivity (Wildman–Crippen MR) is 58.5 cm³/mol. The second-order valence-corrected chi connectivity index (χ2v) is 4.15. The van der Waals surface area contributed by atoms with Crippen molar-refractivity contribution in [1.82, 2.24) is 0 Å². The summed E-state index contributed by atoms with van der Waals surface area (Å²) < 4.78 is 0.988. The molecule has 0 bridgehead atoms. The van der Waals surface area contributed by atoms with Crippen molar-refractivity contribution in [3.05, 3.63) is 35.2 Å². The van der Waals surface area contributed by atoms with Crippen molar-refractivity contribution in [3.8, 4) is 0 Å². The Balaban J connectivity index is 2.84. The van der Waals surface area contributed by atoms with Crippen molar-refractivity contribution >= 4 is 29.7 Å². The third kappa shape index (κ3) is 2.43. The molecular formula is C9H11NS2. The van der Waals surface area contributed by atoms with E-state index in [1.165, 1.54) is 0 Å². The minimum Gasteiger partial charge on any atom is -0.398 e. The van der Waals surface area contributed by atoms with Gasteiger partial charge in [-0.05, 0) is 25.1 Å². The van der Waals surface area contributed by atoms with E-state index in [2.05, 4.69) is 12.6 Å². The van der Waals surface area contributed by atoms with Crippen LogP contribution in [0.1, 0.15) is 11.8 Å². The fourth-order valence-electron chi connectivity index (χ4n) is 0.765. The highest BCUT2D eigenvalue weighted by Gasteiger charge is 1.97. The number of rotatable bonds is 2. The molecule has 0 fully saturated rings. The van der Waals surface area contributed by atoms with E-state index in [1.807, 2.05) is 37.3 Å². The van der Waals surface area contributed by atoms with Gasteiger partial charge in [0, 0.05) is 5.70 Å². The van der Waals surface area contributed by atoms with Crippen LogP contribution < -0.4 is 5.73 Å². The van der Waals surface area contributed by atoms with E-state index in [0.29, 0.717) is 0 Å². The summed E-state index contributed by atoms with van der Waals surface area (Å²) in [5.41, 5.74) is 6.57. The monoisotopic (exact) mass is 197 g/mol. The maximum absolute atomic E-state index is 5.78. The molecule has 1 heterocycles. The highest BCUT2D eigenvalue weighted by Crippen LogP contribution is 2.23. The fraction of sp³-hybridized carbons (Fsp3) is 0.111. The van der Waals surface area contributed by atoms with Gasteiger partial charge in [0.15, 0.2) is 0 Å². The minimum absolute atomic E-state index is 0.790. The Morgan fingerprint density at radius 3 is 2.83 bits per heavy atom. The second kappa shape index (κ2) is 4.38. The van der Waals surface area contributed by atoms with E-state index < -0.39 is 0 Å². The van der Waals surface area contributed by atoms with Gasteiger partial charge in [0.05, 0.1) is 9.09 Å². The van der Waals surface area contributed by atoms with Crippen LogP contribution in [-0.2, 0) is 0 Å². The molecule has 12 heavy (non-hydrogen) atoms. The molecule has 1 aromatic rings. The number of nitrogens with two attached hydrogens (primary N) is 1. The highest BCUT2D eigenvalue weighted by atomic mass is 32.2. The number of hydrogen-bond donors (Lipinski definition) is 2. The lowest BCUT2D eigenvalue weighted by molar-refractivity contribution is 1.59. The molecule has 64 valence electrons. The van der Waals surface area contributed by atoms with Crippen LogP contribution in [0.15, 0.2) is 34.6 Å². The van der Waals surface area contributed by atoms with Crippen molar-refractivity contribution in [2.24, 2.45) is 5.73 Å². The topological polar surface area (TPSA) is 26.0 Å². The lowest BCUT2D eigenvalue weighted by Gasteiger charge is -1.92. The van der Waals surface area contributed by atoms with Crippen molar-refractivity contribution in [1.29, 1.82) is 0 Å². The van der Waals surface area contributed by atoms with Gasteiger partial charge in [-0.2, -0.15) is 0 Å². The van der Waals surface area contributed by atoms with Crippen molar-refractivity contribution < 1.29 is 0 Å². The van der Waals surface area contributed by atoms with Crippen LogP contribution >= 0.6 is 24.0 Å². The molecule has 1 rings (SSSR count). The Kier molecular flexibility index (Phi) is 3.44. The molecule has 0 amide bonds. The largest absolute Gasteiger partial charge is 0.398 e. The molecule has 0 unspecified atom stereocenters. The molecule has 1 aromatic heterocycles. The molecule has 0 aliphatic carbocycles. The standard InChI is InChI=1S/C9H11NS2/c1-2-3-4-7(10)8-5-6-9(11)12-8/h2-6,11H,10H2,1H3/b3-2-,7-4-. The van der Waals surface area contributed by atoms with Crippen molar-refractivity contribution in [2.45, 2.75) is 11.1 Å². The first-order chi connectivity index (χ1) is 5.74. The summed E-state index contributed by atoms with van der Waals surface area (Å²) in [4.78, 5) is 1.07. The van der Waals surface area contributed by atoms with Crippen LogP contribution in [0.3, 0.4) is 0 Å². The lowest BCUT2D eigenvalue weighted by Crippen LogP contribution is -1.91. The summed E-state index contributed by atoms with van der Waals surface area (Å²) in [6, 6.07) is 3.92. The van der Waals surface area contributed by atoms with Gasteiger partial charge in [-0.15, -0.1) is 24.0 Å². The first kappa shape index (κ1) is 9.42. The van der Waals surface area contributed by atoms with Crippen LogP contribution in [0.25, 0.3) is 5.70 Å². The van der Waals surface area contributed by atoms with Gasteiger partial charge in [-0.3, -0.25) is 0 Å². The smallest absolute Gasteiger partial charge is 0.0575 e. The Morgan fingerprint density at radius 1 is 1.58 bits per heavy atom. The van der Waals surface area contributed by atoms with E-state index in [0.717, 1.165) is 14.8 Å². The molecule has 1 nitrogen and oxygen atoms in total. The summed E-state index contributed by atoms with van der Waals surface area (Å²) in [7, 11) is 0. The van der Waals surface area contributed by atoms with Gasteiger partial charge in [0.1, 0.15) is 0 Å². The average molecular weight is 197 g/mol. The lowest BCUT2D eigenvalue weighted by atomic mass is 10.3. The summed E-state index contributed by atoms with van der Waals surface area (Å²) in [5.74, 6) is 0. The van der Waals surface area contributed by atoms with Gasteiger partial charge >= 0.3 is 0 Å². The normalized spacial score (nSPS) is 12.7. The van der Waals surface area contributed by atoms with E-state index in [4.69, 9.17) is 5.73 Å². The molecule has 0 aromatic carbocycles. The zero-order valence-electron chi connectivity index (χ0n) is 6.82. The number of thiophene rings is 1. The summed E-state index contributed by atoms with van der Waals surface area (Å²) >= 11 is 5.79. The van der Waals surface area contributed by atoms with Crippen LogP contribution in [0.2, 0.25) is 0 Å². The summed E-state index contributed by atoms with van der Waals surface area (Å²) in [6.45, 7) is 1.96. The van der Waals surface area contributed by atoms with Crippen LogP contribution in [0.5, 0.6) is 0 Å². The zero-order chi connectivity index (χ0) is 8.97. The molecule has 0 radical (unpaired) electrons. The van der Waals surface area contributed by atoms with Crippen LogP contribution in [0.4, 0.5) is 0 Å². The summed E-state index contributed by atoms with van der Waals surface area (Å²) in [6.07, 6.45) is 5.76. The second-order valence-electron chi connectivity index (χ2n) is 2.29. The Hall–Kier alpha value is -0.670. The Labute approximate surface area is 82.0 Å². The molecular weight excluding hydrogens is 186 g/mol. The molecule has 3 heteroatoms. The zero-order valence-corrected chi connectivity index (χ0v) is 8.53. The van der Waals surface area contributed by atoms with Gasteiger partial charge < -0.3 is 5.73 Å². The van der Waals surface area contributed by atoms with Crippen LogP contribution in [-0.4, -0.2) is 0 Å². The number of thiol groups is 1. The van der Waals surface area contributed by atoms with Crippen molar-refractivity contribution in [3.63, 3.8) is 0 Å². The van der Waals surface area contributed by atoms with E-state index in [9.17, 15) is 0 Å². The fourth-order valence-corrected chi connectivity index (χ4v) is 1.82. The molecule has 2 N–H and O–H groups in total. The van der Waals surface area contributed by atoms with E-state index in [-0.39, 0.29) is 0 Å². The molecule has 0 aliphatic rings. The average Bonchev–Trinajstić information content (AvgIpc) is 2.47. The first-order valence-electron chi connectivity index (χ1n) is 3.61. The molecule has 0 atom stereocenters. The molecule has 0 saturated carbocycles. The molecule has 0 saturated heterocycles. The third-order valence-corrected chi connectivity index (χ3v) is 2.70. The van der Waals surface area contributed by atoms with E-state index in [1.54, 1.807) is 11.3 Å². The maximum Gasteiger partial charge on any atom is 0.0575 e. The van der Waals surface area contributed by atoms with Gasteiger partial charge in [0.25, 0.3) is 0 Å². The van der Waals surface area contributed by atoms with E-state index >= 15 is 0 Å².